The molecule has 0 aliphatic rings. The minimum Gasteiger partial charge on any atom is -0.481 e. The first-order valence-electron chi connectivity index (χ1n) is 7.29. The van der Waals surface area contributed by atoms with Gasteiger partial charge in [-0.25, -0.2) is 17.5 Å². The largest absolute Gasteiger partial charge is 0.481 e. The third kappa shape index (κ3) is 4.94. The standard InChI is InChI=1S/C17H16FNO5S/c1-11(20)12-4-8-15(9-5-12)25(23,24)19-16(10-17(21)22)13-2-6-14(18)7-3-13/h2-9,16,19H,10H2,1H3,(H,21,22)/t16-/m1/s1. The van der Waals surface area contributed by atoms with Gasteiger partial charge in [-0.1, -0.05) is 24.3 Å². The maximum Gasteiger partial charge on any atom is 0.305 e. The van der Waals surface area contributed by atoms with Gasteiger partial charge in [-0.05, 0) is 36.8 Å². The summed E-state index contributed by atoms with van der Waals surface area (Å²) in [4.78, 5) is 22.2. The topological polar surface area (TPSA) is 101 Å². The zero-order valence-corrected chi connectivity index (χ0v) is 14.1. The zero-order chi connectivity index (χ0) is 18.6. The van der Waals surface area contributed by atoms with Crippen molar-refractivity contribution in [3.8, 4) is 0 Å². The Bertz CT molecular complexity index is 876. The molecule has 0 saturated heterocycles. The van der Waals surface area contributed by atoms with Crippen LogP contribution < -0.4 is 4.72 Å². The van der Waals surface area contributed by atoms with Crippen LogP contribution in [0.15, 0.2) is 53.4 Å². The summed E-state index contributed by atoms with van der Waals surface area (Å²) < 4.78 is 40.3. The summed E-state index contributed by atoms with van der Waals surface area (Å²) in [5, 5.41) is 9.02. The Morgan fingerprint density at radius 2 is 1.64 bits per heavy atom. The van der Waals surface area contributed by atoms with Gasteiger partial charge in [0, 0.05) is 5.56 Å². The first kappa shape index (κ1) is 18.8. The molecule has 0 bridgehead atoms. The summed E-state index contributed by atoms with van der Waals surface area (Å²) in [6.07, 6.45) is -0.504. The molecule has 1 atom stereocenters. The van der Waals surface area contributed by atoms with Gasteiger partial charge in [0.15, 0.2) is 5.78 Å². The van der Waals surface area contributed by atoms with Crippen LogP contribution in [0.2, 0.25) is 0 Å². The fraction of sp³-hybridized carbons (Fsp3) is 0.176. The van der Waals surface area contributed by atoms with Crippen LogP contribution >= 0.6 is 0 Å². The van der Waals surface area contributed by atoms with Crippen molar-refractivity contribution in [2.45, 2.75) is 24.3 Å². The van der Waals surface area contributed by atoms with Gasteiger partial charge in [0.05, 0.1) is 17.4 Å². The van der Waals surface area contributed by atoms with E-state index in [0.717, 1.165) is 12.1 Å². The van der Waals surface area contributed by atoms with Crippen molar-refractivity contribution in [2.75, 3.05) is 0 Å². The van der Waals surface area contributed by atoms with Crippen molar-refractivity contribution in [1.82, 2.24) is 4.72 Å². The van der Waals surface area contributed by atoms with Gasteiger partial charge in [-0.3, -0.25) is 9.59 Å². The van der Waals surface area contributed by atoms with E-state index in [2.05, 4.69) is 4.72 Å². The first-order chi connectivity index (χ1) is 11.7. The predicted molar refractivity (Wildman–Crippen MR) is 88.2 cm³/mol. The van der Waals surface area contributed by atoms with Gasteiger partial charge in [-0.15, -0.1) is 0 Å². The maximum absolute atomic E-state index is 13.0. The molecule has 0 amide bonds. The molecular formula is C17H16FNO5S. The van der Waals surface area contributed by atoms with Gasteiger partial charge >= 0.3 is 5.97 Å². The van der Waals surface area contributed by atoms with Gasteiger partial charge in [-0.2, -0.15) is 0 Å². The SMILES string of the molecule is CC(=O)c1ccc(S(=O)(=O)N[C@H](CC(=O)O)c2ccc(F)cc2)cc1. The molecule has 0 saturated carbocycles. The van der Waals surface area contributed by atoms with Crippen LogP contribution in [0.3, 0.4) is 0 Å². The van der Waals surface area contributed by atoms with E-state index in [1.165, 1.54) is 43.3 Å². The molecule has 132 valence electrons. The van der Waals surface area contributed by atoms with Crippen molar-refractivity contribution >= 4 is 21.8 Å². The molecule has 6 nitrogen and oxygen atoms in total. The molecule has 2 rings (SSSR count). The van der Waals surface area contributed by atoms with Crippen LogP contribution in [0.25, 0.3) is 0 Å². The highest BCUT2D eigenvalue weighted by atomic mass is 32.2. The number of hydrogen-bond donors (Lipinski definition) is 2. The number of carbonyl (C=O) groups excluding carboxylic acids is 1. The molecule has 0 aliphatic heterocycles. The van der Waals surface area contributed by atoms with E-state index in [-0.39, 0.29) is 10.7 Å². The van der Waals surface area contributed by atoms with Gasteiger partial charge in [0.1, 0.15) is 5.82 Å². The number of benzene rings is 2. The summed E-state index contributed by atoms with van der Waals surface area (Å²) >= 11 is 0. The molecule has 0 spiro atoms. The van der Waals surface area contributed by atoms with Crippen molar-refractivity contribution in [2.24, 2.45) is 0 Å². The lowest BCUT2D eigenvalue weighted by molar-refractivity contribution is -0.137. The number of carbonyl (C=O) groups is 2. The highest BCUT2D eigenvalue weighted by Crippen LogP contribution is 2.21. The normalized spacial score (nSPS) is 12.6. The lowest BCUT2D eigenvalue weighted by atomic mass is 10.1. The number of carboxylic acids is 1. The zero-order valence-electron chi connectivity index (χ0n) is 13.3. The number of ketones is 1. The number of Topliss-reactive ketones (excluding diaryl/α,β-unsaturated/α-hetero) is 1. The number of aliphatic carboxylic acids is 1. The predicted octanol–water partition coefficient (Wildman–Crippen LogP) is 2.52. The van der Waals surface area contributed by atoms with Crippen LogP contribution in [-0.2, 0) is 14.8 Å². The Morgan fingerprint density at radius 1 is 1.08 bits per heavy atom. The highest BCUT2D eigenvalue weighted by molar-refractivity contribution is 7.89. The summed E-state index contributed by atoms with van der Waals surface area (Å²) in [5.41, 5.74) is 0.687. The van der Waals surface area contributed by atoms with Crippen LogP contribution in [0.1, 0.15) is 35.3 Å². The number of halogens is 1. The molecule has 0 aromatic heterocycles. The average Bonchev–Trinajstić information content (AvgIpc) is 2.54. The van der Waals surface area contributed by atoms with Crippen LogP contribution in [0, 0.1) is 5.82 Å². The molecular weight excluding hydrogens is 349 g/mol. The lowest BCUT2D eigenvalue weighted by Crippen LogP contribution is -2.30. The Hall–Kier alpha value is -2.58. The molecule has 0 heterocycles. The Morgan fingerprint density at radius 3 is 2.12 bits per heavy atom. The Labute approximate surface area is 144 Å². The van der Waals surface area contributed by atoms with Crippen molar-refractivity contribution in [3.05, 3.63) is 65.5 Å². The minimum absolute atomic E-state index is 0.102. The average molecular weight is 365 g/mol. The second-order valence-corrected chi connectivity index (χ2v) is 7.12. The van der Waals surface area contributed by atoms with Crippen molar-refractivity contribution in [1.29, 1.82) is 0 Å². The number of hydrogen-bond acceptors (Lipinski definition) is 4. The third-order valence-electron chi connectivity index (χ3n) is 3.52. The molecule has 2 aromatic carbocycles. The lowest BCUT2D eigenvalue weighted by Gasteiger charge is -2.17. The van der Waals surface area contributed by atoms with E-state index in [0.29, 0.717) is 11.1 Å². The molecule has 2 aromatic rings. The quantitative estimate of drug-likeness (QED) is 0.735. The number of rotatable bonds is 7. The van der Waals surface area contributed by atoms with Crippen LogP contribution in [-0.4, -0.2) is 25.3 Å². The Balaban J connectivity index is 2.31. The molecule has 0 radical (unpaired) electrons. The van der Waals surface area contributed by atoms with E-state index < -0.39 is 34.3 Å². The van der Waals surface area contributed by atoms with E-state index in [1.807, 2.05) is 0 Å². The maximum atomic E-state index is 13.0. The third-order valence-corrected chi connectivity index (χ3v) is 5.01. The summed E-state index contributed by atoms with van der Waals surface area (Å²) in [7, 11) is -4.02. The summed E-state index contributed by atoms with van der Waals surface area (Å²) in [6.45, 7) is 1.36. The number of carboxylic acid groups (broad SMARTS) is 1. The molecule has 0 fully saturated rings. The molecule has 8 heteroatoms. The fourth-order valence-corrected chi connectivity index (χ4v) is 3.45. The first-order valence-corrected chi connectivity index (χ1v) is 8.78. The molecule has 25 heavy (non-hydrogen) atoms. The van der Waals surface area contributed by atoms with E-state index in [9.17, 15) is 22.4 Å². The minimum atomic E-state index is -4.02. The number of nitrogens with one attached hydrogen (secondary N) is 1. The van der Waals surface area contributed by atoms with E-state index in [1.54, 1.807) is 0 Å². The molecule has 0 unspecified atom stereocenters. The monoisotopic (exact) mass is 365 g/mol. The smallest absolute Gasteiger partial charge is 0.305 e. The highest BCUT2D eigenvalue weighted by Gasteiger charge is 2.23. The Kier molecular flexibility index (Phi) is 5.66. The second-order valence-electron chi connectivity index (χ2n) is 5.40. The van der Waals surface area contributed by atoms with Gasteiger partial charge < -0.3 is 5.11 Å². The molecule has 2 N–H and O–H groups in total. The summed E-state index contributed by atoms with van der Waals surface area (Å²) in [5.74, 6) is -1.92. The van der Waals surface area contributed by atoms with Crippen molar-refractivity contribution < 1.29 is 27.5 Å². The van der Waals surface area contributed by atoms with E-state index in [4.69, 9.17) is 5.11 Å². The van der Waals surface area contributed by atoms with Crippen LogP contribution in [0.4, 0.5) is 4.39 Å². The number of sulfonamides is 1. The fourth-order valence-electron chi connectivity index (χ4n) is 2.22. The van der Waals surface area contributed by atoms with Gasteiger partial charge in [0.25, 0.3) is 0 Å². The molecule has 0 aliphatic carbocycles. The van der Waals surface area contributed by atoms with E-state index >= 15 is 0 Å². The van der Waals surface area contributed by atoms with Crippen LogP contribution in [0.5, 0.6) is 0 Å². The van der Waals surface area contributed by atoms with Crippen molar-refractivity contribution in [3.63, 3.8) is 0 Å². The van der Waals surface area contributed by atoms with Gasteiger partial charge in [0.2, 0.25) is 10.0 Å². The second kappa shape index (κ2) is 7.54. The summed E-state index contributed by atoms with van der Waals surface area (Å²) in [6, 6.07) is 9.12.